The number of carbonyl (C=O) groups excluding carboxylic acids is 2. The molecule has 4 N–H and O–H groups in total. The van der Waals surface area contributed by atoms with Crippen LogP contribution in [0.5, 0.6) is 0 Å². The van der Waals surface area contributed by atoms with Crippen molar-refractivity contribution in [1.29, 1.82) is 0 Å². The number of hydrogen-bond acceptors (Lipinski definition) is 2. The Bertz CT molecular complexity index is 671. The number of amides is 3. The van der Waals surface area contributed by atoms with E-state index < -0.39 is 6.03 Å². The van der Waals surface area contributed by atoms with Gasteiger partial charge in [0.1, 0.15) is 0 Å². The maximum absolute atomic E-state index is 11.9. The standard InChI is InChI=1S/C16H16ClN3O2/c17-12-3-1-2-11(10-12)4-9-15(21)19-13-5-7-14(8-6-13)20-16(18)22/h1-3,5-8,10H,4,9H2,(H,19,21)(H3,18,20,22). The highest BCUT2D eigenvalue weighted by atomic mass is 35.5. The molecule has 0 aromatic heterocycles. The fourth-order valence-corrected chi connectivity index (χ4v) is 2.17. The van der Waals surface area contributed by atoms with Crippen LogP contribution in [0.3, 0.4) is 0 Å². The van der Waals surface area contributed by atoms with Gasteiger partial charge in [-0.15, -0.1) is 0 Å². The minimum Gasteiger partial charge on any atom is -0.351 e. The Morgan fingerprint density at radius 1 is 1.00 bits per heavy atom. The number of rotatable bonds is 5. The summed E-state index contributed by atoms with van der Waals surface area (Å²) in [4.78, 5) is 22.6. The number of carbonyl (C=O) groups is 2. The maximum atomic E-state index is 11.9. The molecular formula is C16H16ClN3O2. The summed E-state index contributed by atoms with van der Waals surface area (Å²) in [5.74, 6) is -0.0874. The molecule has 3 amide bonds. The molecule has 0 atom stereocenters. The average Bonchev–Trinajstić information content (AvgIpc) is 2.47. The van der Waals surface area contributed by atoms with Crippen molar-refractivity contribution in [3.05, 3.63) is 59.1 Å². The van der Waals surface area contributed by atoms with Gasteiger partial charge in [0.15, 0.2) is 0 Å². The predicted octanol–water partition coefficient (Wildman–Crippen LogP) is 3.40. The second kappa shape index (κ2) is 7.47. The van der Waals surface area contributed by atoms with Gasteiger partial charge in [0, 0.05) is 22.8 Å². The van der Waals surface area contributed by atoms with Crippen molar-refractivity contribution in [3.8, 4) is 0 Å². The van der Waals surface area contributed by atoms with Crippen LogP contribution in [0.1, 0.15) is 12.0 Å². The van der Waals surface area contributed by atoms with Gasteiger partial charge in [-0.2, -0.15) is 0 Å². The summed E-state index contributed by atoms with van der Waals surface area (Å²) in [6.07, 6.45) is 0.981. The number of primary amides is 1. The highest BCUT2D eigenvalue weighted by Crippen LogP contribution is 2.15. The van der Waals surface area contributed by atoms with Crippen LogP contribution in [0.4, 0.5) is 16.2 Å². The topological polar surface area (TPSA) is 84.2 Å². The van der Waals surface area contributed by atoms with Crippen LogP contribution in [0.15, 0.2) is 48.5 Å². The number of aryl methyl sites for hydroxylation is 1. The van der Waals surface area contributed by atoms with Crippen molar-refractivity contribution >= 4 is 34.9 Å². The third-order valence-electron chi connectivity index (χ3n) is 2.97. The monoisotopic (exact) mass is 317 g/mol. The van der Waals surface area contributed by atoms with E-state index >= 15 is 0 Å². The molecule has 0 saturated heterocycles. The second-order valence-electron chi connectivity index (χ2n) is 4.74. The first-order chi connectivity index (χ1) is 10.5. The number of anilines is 2. The van der Waals surface area contributed by atoms with Gasteiger partial charge in [-0.3, -0.25) is 4.79 Å². The summed E-state index contributed by atoms with van der Waals surface area (Å²) < 4.78 is 0. The second-order valence-corrected chi connectivity index (χ2v) is 5.18. The normalized spacial score (nSPS) is 10.0. The molecule has 0 aliphatic rings. The minimum absolute atomic E-state index is 0.0874. The minimum atomic E-state index is -0.627. The van der Waals surface area contributed by atoms with E-state index in [4.69, 9.17) is 17.3 Å². The van der Waals surface area contributed by atoms with Gasteiger partial charge in [-0.05, 0) is 48.4 Å². The molecule has 0 aliphatic carbocycles. The Balaban J connectivity index is 1.85. The summed E-state index contributed by atoms with van der Waals surface area (Å²) in [6, 6.07) is 13.5. The zero-order valence-electron chi connectivity index (χ0n) is 11.8. The van der Waals surface area contributed by atoms with Crippen LogP contribution in [-0.4, -0.2) is 11.9 Å². The SMILES string of the molecule is NC(=O)Nc1ccc(NC(=O)CCc2cccc(Cl)c2)cc1. The van der Waals surface area contributed by atoms with Gasteiger partial charge in [0.05, 0.1) is 0 Å². The summed E-state index contributed by atoms with van der Waals surface area (Å²) in [5.41, 5.74) is 7.27. The molecule has 2 aromatic carbocycles. The molecule has 2 rings (SSSR count). The molecule has 2 aromatic rings. The van der Waals surface area contributed by atoms with Crippen molar-refractivity contribution in [1.82, 2.24) is 0 Å². The predicted molar refractivity (Wildman–Crippen MR) is 88.1 cm³/mol. The fraction of sp³-hybridized carbons (Fsp3) is 0.125. The molecule has 6 heteroatoms. The lowest BCUT2D eigenvalue weighted by molar-refractivity contribution is -0.116. The fourth-order valence-electron chi connectivity index (χ4n) is 1.95. The molecule has 0 heterocycles. The van der Waals surface area contributed by atoms with Crippen LogP contribution < -0.4 is 16.4 Å². The third-order valence-corrected chi connectivity index (χ3v) is 3.20. The first-order valence-corrected chi connectivity index (χ1v) is 7.11. The zero-order chi connectivity index (χ0) is 15.9. The highest BCUT2D eigenvalue weighted by molar-refractivity contribution is 6.30. The van der Waals surface area contributed by atoms with Gasteiger partial charge in [-0.1, -0.05) is 23.7 Å². The van der Waals surface area contributed by atoms with E-state index in [1.54, 1.807) is 30.3 Å². The summed E-state index contributed by atoms with van der Waals surface area (Å²) in [7, 11) is 0. The molecule has 22 heavy (non-hydrogen) atoms. The van der Waals surface area contributed by atoms with Crippen LogP contribution >= 0.6 is 11.6 Å². The first kappa shape index (κ1) is 15.9. The van der Waals surface area contributed by atoms with Crippen LogP contribution in [0.25, 0.3) is 0 Å². The summed E-state index contributed by atoms with van der Waals surface area (Å²) in [5, 5.41) is 5.90. The van der Waals surface area contributed by atoms with E-state index in [0.717, 1.165) is 5.56 Å². The van der Waals surface area contributed by atoms with Gasteiger partial charge < -0.3 is 16.4 Å². The molecular weight excluding hydrogens is 302 g/mol. The number of urea groups is 1. The lowest BCUT2D eigenvalue weighted by atomic mass is 10.1. The molecule has 0 saturated carbocycles. The van der Waals surface area contributed by atoms with Crippen LogP contribution in [0.2, 0.25) is 5.02 Å². The lowest BCUT2D eigenvalue weighted by Gasteiger charge is -2.07. The van der Waals surface area contributed by atoms with Crippen molar-refractivity contribution in [2.24, 2.45) is 5.73 Å². The lowest BCUT2D eigenvalue weighted by Crippen LogP contribution is -2.19. The Kier molecular flexibility index (Phi) is 5.38. The van der Waals surface area contributed by atoms with E-state index in [9.17, 15) is 9.59 Å². The molecule has 0 radical (unpaired) electrons. The zero-order valence-corrected chi connectivity index (χ0v) is 12.6. The maximum Gasteiger partial charge on any atom is 0.316 e. The molecule has 0 unspecified atom stereocenters. The number of halogens is 1. The van der Waals surface area contributed by atoms with Gasteiger partial charge in [-0.25, -0.2) is 4.79 Å². The third kappa shape index (κ3) is 5.10. The summed E-state index contributed by atoms with van der Waals surface area (Å²) >= 11 is 5.90. The van der Waals surface area contributed by atoms with Crippen molar-refractivity contribution in [3.63, 3.8) is 0 Å². The summed E-state index contributed by atoms with van der Waals surface area (Å²) in [6.45, 7) is 0. The molecule has 5 nitrogen and oxygen atoms in total. The average molecular weight is 318 g/mol. The van der Waals surface area contributed by atoms with E-state index in [-0.39, 0.29) is 5.91 Å². The molecule has 0 fully saturated rings. The van der Waals surface area contributed by atoms with Crippen LogP contribution in [0, 0.1) is 0 Å². The Labute approximate surface area is 133 Å². The van der Waals surface area contributed by atoms with E-state index in [0.29, 0.717) is 29.2 Å². The first-order valence-electron chi connectivity index (χ1n) is 6.74. The van der Waals surface area contributed by atoms with Crippen molar-refractivity contribution in [2.45, 2.75) is 12.8 Å². The highest BCUT2D eigenvalue weighted by Gasteiger charge is 2.04. The number of benzene rings is 2. The number of nitrogens with one attached hydrogen (secondary N) is 2. The largest absolute Gasteiger partial charge is 0.351 e. The Hall–Kier alpha value is -2.53. The smallest absolute Gasteiger partial charge is 0.316 e. The van der Waals surface area contributed by atoms with Gasteiger partial charge in [0.2, 0.25) is 5.91 Å². The van der Waals surface area contributed by atoms with E-state index in [2.05, 4.69) is 10.6 Å². The quantitative estimate of drug-likeness (QED) is 0.789. The molecule has 114 valence electrons. The van der Waals surface area contributed by atoms with Gasteiger partial charge in [0.25, 0.3) is 0 Å². The van der Waals surface area contributed by atoms with Crippen molar-refractivity contribution in [2.75, 3.05) is 10.6 Å². The number of hydrogen-bond donors (Lipinski definition) is 3. The number of nitrogens with two attached hydrogens (primary N) is 1. The van der Waals surface area contributed by atoms with Crippen molar-refractivity contribution < 1.29 is 9.59 Å². The Morgan fingerprint density at radius 2 is 1.64 bits per heavy atom. The van der Waals surface area contributed by atoms with Crippen LogP contribution in [-0.2, 0) is 11.2 Å². The Morgan fingerprint density at radius 3 is 2.23 bits per heavy atom. The molecule has 0 spiro atoms. The van der Waals surface area contributed by atoms with E-state index in [1.165, 1.54) is 0 Å². The molecule has 0 bridgehead atoms. The molecule has 0 aliphatic heterocycles. The van der Waals surface area contributed by atoms with E-state index in [1.807, 2.05) is 18.2 Å². The van der Waals surface area contributed by atoms with Gasteiger partial charge >= 0.3 is 6.03 Å².